The molecule has 1 aromatic rings. The van der Waals surface area contributed by atoms with E-state index in [1.807, 2.05) is 0 Å². The van der Waals surface area contributed by atoms with Crippen molar-refractivity contribution in [1.29, 1.82) is 0 Å². The maximum Gasteiger partial charge on any atom is 0.170 e. The maximum absolute atomic E-state index is 6.32. The Hall–Kier alpha value is -1.13. The SMILES string of the molecule is COc1c(Cl)cc2c(c1C1(C)CCCN1)OCCO2. The molecule has 1 unspecified atom stereocenters. The van der Waals surface area contributed by atoms with Crippen LogP contribution in [0.15, 0.2) is 6.07 Å². The van der Waals surface area contributed by atoms with Crippen molar-refractivity contribution in [2.75, 3.05) is 26.9 Å². The molecule has 1 saturated heterocycles. The fourth-order valence-electron chi connectivity index (χ4n) is 2.95. The van der Waals surface area contributed by atoms with Crippen LogP contribution >= 0.6 is 11.6 Å². The summed E-state index contributed by atoms with van der Waals surface area (Å²) in [5.41, 5.74) is 0.802. The molecule has 5 heteroatoms. The van der Waals surface area contributed by atoms with Gasteiger partial charge in [-0.1, -0.05) is 11.6 Å². The molecule has 0 bridgehead atoms. The van der Waals surface area contributed by atoms with Crippen LogP contribution in [-0.2, 0) is 5.54 Å². The highest BCUT2D eigenvalue weighted by Gasteiger charge is 2.39. The molecular formula is C14H18ClNO3. The summed E-state index contributed by atoms with van der Waals surface area (Å²) in [6, 6.07) is 1.77. The number of hydrogen-bond donors (Lipinski definition) is 1. The van der Waals surface area contributed by atoms with Crippen molar-refractivity contribution in [3.8, 4) is 17.2 Å². The van der Waals surface area contributed by atoms with E-state index in [9.17, 15) is 0 Å². The molecule has 0 aliphatic carbocycles. The first kappa shape index (κ1) is 12.9. The first-order chi connectivity index (χ1) is 9.15. The van der Waals surface area contributed by atoms with Crippen molar-refractivity contribution in [2.24, 2.45) is 0 Å². The van der Waals surface area contributed by atoms with Crippen molar-refractivity contribution in [3.63, 3.8) is 0 Å². The number of benzene rings is 1. The fraction of sp³-hybridized carbons (Fsp3) is 0.571. The number of ether oxygens (including phenoxy) is 3. The van der Waals surface area contributed by atoms with Gasteiger partial charge in [-0.05, 0) is 26.3 Å². The van der Waals surface area contributed by atoms with E-state index in [-0.39, 0.29) is 5.54 Å². The molecule has 0 saturated carbocycles. The van der Waals surface area contributed by atoms with Gasteiger partial charge in [-0.15, -0.1) is 0 Å². The molecule has 0 spiro atoms. The van der Waals surface area contributed by atoms with Gasteiger partial charge in [0, 0.05) is 11.6 Å². The van der Waals surface area contributed by atoms with Crippen LogP contribution < -0.4 is 19.5 Å². The molecule has 4 nitrogen and oxygen atoms in total. The van der Waals surface area contributed by atoms with E-state index in [4.69, 9.17) is 25.8 Å². The third-order valence-electron chi connectivity index (χ3n) is 3.86. The van der Waals surface area contributed by atoms with Gasteiger partial charge >= 0.3 is 0 Å². The van der Waals surface area contributed by atoms with Gasteiger partial charge in [0.2, 0.25) is 0 Å². The molecule has 2 heterocycles. The Kier molecular flexibility index (Phi) is 3.23. The van der Waals surface area contributed by atoms with Gasteiger partial charge < -0.3 is 19.5 Å². The van der Waals surface area contributed by atoms with Crippen molar-refractivity contribution in [3.05, 3.63) is 16.7 Å². The smallest absolute Gasteiger partial charge is 0.170 e. The van der Waals surface area contributed by atoms with Gasteiger partial charge in [0.05, 0.1) is 17.7 Å². The lowest BCUT2D eigenvalue weighted by molar-refractivity contribution is 0.165. The minimum absolute atomic E-state index is 0.180. The van der Waals surface area contributed by atoms with E-state index in [1.165, 1.54) is 0 Å². The number of fused-ring (bicyclic) bond motifs is 1. The van der Waals surface area contributed by atoms with Gasteiger partial charge in [-0.25, -0.2) is 0 Å². The molecule has 1 N–H and O–H groups in total. The molecule has 1 aromatic carbocycles. The van der Waals surface area contributed by atoms with E-state index in [2.05, 4.69) is 12.2 Å². The zero-order valence-corrected chi connectivity index (χ0v) is 12.0. The lowest BCUT2D eigenvalue weighted by Gasteiger charge is -2.32. The molecule has 104 valence electrons. The van der Waals surface area contributed by atoms with Crippen LogP contribution in [0.25, 0.3) is 0 Å². The lowest BCUT2D eigenvalue weighted by atomic mass is 9.88. The molecule has 1 atom stereocenters. The largest absolute Gasteiger partial charge is 0.495 e. The van der Waals surface area contributed by atoms with Gasteiger partial charge in [0.1, 0.15) is 19.0 Å². The Bertz CT molecular complexity index is 498. The second kappa shape index (κ2) is 4.76. The summed E-state index contributed by atoms with van der Waals surface area (Å²) in [5.74, 6) is 2.16. The number of halogens is 1. The summed E-state index contributed by atoms with van der Waals surface area (Å²) in [7, 11) is 1.64. The van der Waals surface area contributed by atoms with Crippen LogP contribution in [0, 0.1) is 0 Å². The molecule has 0 aromatic heterocycles. The molecule has 3 rings (SSSR count). The number of nitrogens with one attached hydrogen (secondary N) is 1. The molecule has 2 aliphatic heterocycles. The van der Waals surface area contributed by atoms with Crippen molar-refractivity contribution < 1.29 is 14.2 Å². The van der Waals surface area contributed by atoms with E-state index in [0.717, 1.165) is 30.7 Å². The molecule has 2 aliphatic rings. The first-order valence-electron chi connectivity index (χ1n) is 6.57. The van der Waals surface area contributed by atoms with E-state index < -0.39 is 0 Å². The van der Waals surface area contributed by atoms with Crippen LogP contribution in [0.5, 0.6) is 17.2 Å². The van der Waals surface area contributed by atoms with Crippen LogP contribution in [0.1, 0.15) is 25.3 Å². The fourth-order valence-corrected chi connectivity index (χ4v) is 3.22. The number of methoxy groups -OCH3 is 1. The summed E-state index contributed by atoms with van der Waals surface area (Å²) < 4.78 is 17.0. The van der Waals surface area contributed by atoms with Crippen molar-refractivity contribution in [1.82, 2.24) is 5.32 Å². The molecular weight excluding hydrogens is 266 g/mol. The summed E-state index contributed by atoms with van der Waals surface area (Å²) in [6.07, 6.45) is 2.15. The second-order valence-electron chi connectivity index (χ2n) is 5.15. The first-order valence-corrected chi connectivity index (χ1v) is 6.95. The standard InChI is InChI=1S/C14H18ClNO3/c1-14(4-3-5-16-14)11-12(17-2)9(15)8-10-13(11)19-7-6-18-10/h8,16H,3-7H2,1-2H3. The highest BCUT2D eigenvalue weighted by Crippen LogP contribution is 2.50. The molecule has 1 fully saturated rings. The second-order valence-corrected chi connectivity index (χ2v) is 5.56. The zero-order valence-electron chi connectivity index (χ0n) is 11.2. The predicted octanol–water partition coefficient (Wildman–Crippen LogP) is 2.72. The minimum atomic E-state index is -0.180. The highest BCUT2D eigenvalue weighted by atomic mass is 35.5. The predicted molar refractivity (Wildman–Crippen MR) is 73.6 cm³/mol. The Morgan fingerprint density at radius 1 is 1.37 bits per heavy atom. The third kappa shape index (κ3) is 2.03. The Labute approximate surface area is 118 Å². The summed E-state index contributed by atoms with van der Waals surface area (Å²) >= 11 is 6.32. The Morgan fingerprint density at radius 3 is 2.84 bits per heavy atom. The van der Waals surface area contributed by atoms with Crippen LogP contribution in [0.3, 0.4) is 0 Å². The topological polar surface area (TPSA) is 39.7 Å². The lowest BCUT2D eigenvalue weighted by Crippen LogP contribution is -2.35. The zero-order chi connectivity index (χ0) is 13.5. The Balaban J connectivity index is 2.21. The van der Waals surface area contributed by atoms with Gasteiger partial charge in [-0.3, -0.25) is 0 Å². The molecule has 0 amide bonds. The quantitative estimate of drug-likeness (QED) is 0.906. The van der Waals surface area contributed by atoms with E-state index in [1.54, 1.807) is 13.2 Å². The average Bonchev–Trinajstić information content (AvgIpc) is 2.85. The monoisotopic (exact) mass is 283 g/mol. The van der Waals surface area contributed by atoms with Crippen molar-refractivity contribution in [2.45, 2.75) is 25.3 Å². The molecule has 19 heavy (non-hydrogen) atoms. The Morgan fingerprint density at radius 2 is 2.16 bits per heavy atom. The van der Waals surface area contributed by atoms with Gasteiger partial charge in [0.25, 0.3) is 0 Å². The maximum atomic E-state index is 6.32. The normalized spacial score (nSPS) is 25.4. The number of hydrogen-bond acceptors (Lipinski definition) is 4. The summed E-state index contributed by atoms with van der Waals surface area (Å²) in [6.45, 7) is 4.26. The van der Waals surface area contributed by atoms with Crippen LogP contribution in [0.2, 0.25) is 5.02 Å². The highest BCUT2D eigenvalue weighted by molar-refractivity contribution is 6.32. The van der Waals surface area contributed by atoms with E-state index >= 15 is 0 Å². The van der Waals surface area contributed by atoms with Gasteiger partial charge in [-0.2, -0.15) is 0 Å². The summed E-state index contributed by atoms with van der Waals surface area (Å²) in [4.78, 5) is 0. The minimum Gasteiger partial charge on any atom is -0.495 e. The van der Waals surface area contributed by atoms with E-state index in [0.29, 0.717) is 29.7 Å². The average molecular weight is 284 g/mol. The van der Waals surface area contributed by atoms with Gasteiger partial charge in [0.15, 0.2) is 11.5 Å². The molecule has 0 radical (unpaired) electrons. The third-order valence-corrected chi connectivity index (χ3v) is 4.15. The van der Waals surface area contributed by atoms with Crippen LogP contribution in [0.4, 0.5) is 0 Å². The van der Waals surface area contributed by atoms with Crippen molar-refractivity contribution >= 4 is 11.6 Å². The van der Waals surface area contributed by atoms with Crippen LogP contribution in [-0.4, -0.2) is 26.9 Å². The number of rotatable bonds is 2. The summed E-state index contributed by atoms with van der Waals surface area (Å²) in [5, 5.41) is 4.09.